The molecule has 0 atom stereocenters. The van der Waals surface area contributed by atoms with Gasteiger partial charge in [0.15, 0.2) is 0 Å². The predicted molar refractivity (Wildman–Crippen MR) is 56.6 cm³/mol. The van der Waals surface area contributed by atoms with E-state index < -0.39 is 0 Å². The first-order valence-electron chi connectivity index (χ1n) is 4.54. The average Bonchev–Trinajstić information content (AvgIpc) is 2.30. The molecule has 0 unspecified atom stereocenters. The van der Waals surface area contributed by atoms with Crippen LogP contribution in [0.25, 0.3) is 22.1 Å². The van der Waals surface area contributed by atoms with Crippen molar-refractivity contribution in [3.05, 3.63) is 52.8 Å². The van der Waals surface area contributed by atoms with Crippen molar-refractivity contribution in [2.45, 2.75) is 0 Å². The van der Waals surface area contributed by atoms with Crippen molar-refractivity contribution in [1.82, 2.24) is 4.98 Å². The molecule has 3 nitrogen and oxygen atoms in total. The Morgan fingerprint density at radius 1 is 1.27 bits per heavy atom. The summed E-state index contributed by atoms with van der Waals surface area (Å²) in [6.45, 7) is 0. The van der Waals surface area contributed by atoms with Crippen molar-refractivity contribution in [2.75, 3.05) is 0 Å². The summed E-state index contributed by atoms with van der Waals surface area (Å²) in [5.41, 5.74) is 0.809. The average molecular weight is 196 g/mol. The summed E-state index contributed by atoms with van der Waals surface area (Å²) in [5, 5.41) is 0.963. The number of benzene rings is 1. The molecule has 3 aromatic rings. The van der Waals surface area contributed by atoms with Crippen LogP contribution in [-0.2, 0) is 0 Å². The van der Waals surface area contributed by atoms with Crippen LogP contribution in [0.3, 0.4) is 0 Å². The molecular weight excluding hydrogens is 190 g/mol. The van der Waals surface area contributed by atoms with Gasteiger partial charge in [0, 0.05) is 12.3 Å². The van der Waals surface area contributed by atoms with Gasteiger partial charge < -0.3 is 4.42 Å². The third kappa shape index (κ3) is 1.13. The molecule has 1 radical (unpaired) electrons. The molecule has 0 aliphatic rings. The monoisotopic (exact) mass is 196 g/mol. The minimum atomic E-state index is -0.0834. The molecule has 0 aliphatic heterocycles. The lowest BCUT2D eigenvalue weighted by atomic mass is 10.2. The lowest BCUT2D eigenvalue weighted by Crippen LogP contribution is -2.02. The standard InChI is InChI=1S/C12H6NO2/c14-11-8-4-1-2-6-10(8)15-12-9(11)5-3-7-13-12/h1-4,6-7H. The third-order valence-electron chi connectivity index (χ3n) is 2.27. The molecule has 0 N–H and O–H groups in total. The third-order valence-corrected chi connectivity index (χ3v) is 2.27. The van der Waals surface area contributed by atoms with Gasteiger partial charge in [0.2, 0.25) is 11.1 Å². The summed E-state index contributed by atoms with van der Waals surface area (Å²) in [7, 11) is 0. The molecule has 0 saturated carbocycles. The summed E-state index contributed by atoms with van der Waals surface area (Å²) in [6, 6.07) is 11.6. The molecule has 0 saturated heterocycles. The first kappa shape index (κ1) is 8.17. The van der Waals surface area contributed by atoms with Gasteiger partial charge >= 0.3 is 0 Å². The summed E-state index contributed by atoms with van der Waals surface area (Å²) in [4.78, 5) is 16.0. The molecule has 0 aliphatic carbocycles. The van der Waals surface area contributed by atoms with Gasteiger partial charge in [-0.05, 0) is 18.2 Å². The molecule has 71 valence electrons. The maximum atomic E-state index is 12.0. The highest BCUT2D eigenvalue weighted by atomic mass is 16.3. The zero-order chi connectivity index (χ0) is 10.3. The Bertz CT molecular complexity index is 643. The quantitative estimate of drug-likeness (QED) is 0.517. The van der Waals surface area contributed by atoms with Gasteiger partial charge in [0.1, 0.15) is 5.58 Å². The van der Waals surface area contributed by atoms with Crippen molar-refractivity contribution in [1.29, 1.82) is 0 Å². The van der Waals surface area contributed by atoms with Crippen LogP contribution < -0.4 is 5.43 Å². The molecule has 3 rings (SSSR count). The van der Waals surface area contributed by atoms with Crippen LogP contribution in [0.1, 0.15) is 0 Å². The van der Waals surface area contributed by atoms with E-state index in [9.17, 15) is 4.79 Å². The number of nitrogens with zero attached hydrogens (tertiary/aromatic N) is 1. The summed E-state index contributed by atoms with van der Waals surface area (Å²) >= 11 is 0. The molecule has 15 heavy (non-hydrogen) atoms. The van der Waals surface area contributed by atoms with Gasteiger partial charge in [-0.15, -0.1) is 0 Å². The molecular formula is C12H6NO2. The van der Waals surface area contributed by atoms with Gasteiger partial charge in [-0.25, -0.2) is 4.98 Å². The number of hydrogen-bond acceptors (Lipinski definition) is 3. The second kappa shape index (κ2) is 2.92. The molecule has 0 fully saturated rings. The minimum Gasteiger partial charge on any atom is -0.437 e. The zero-order valence-electron chi connectivity index (χ0n) is 7.73. The zero-order valence-corrected chi connectivity index (χ0v) is 7.73. The molecule has 0 bridgehead atoms. The molecule has 0 spiro atoms. The van der Waals surface area contributed by atoms with E-state index in [1.165, 1.54) is 0 Å². The van der Waals surface area contributed by atoms with E-state index in [0.717, 1.165) is 0 Å². The SMILES string of the molecule is O=c1c2[c]ccnc2oc2ccccc12. The second-order valence-corrected chi connectivity index (χ2v) is 3.20. The number of rotatable bonds is 0. The fourth-order valence-corrected chi connectivity index (χ4v) is 1.57. The van der Waals surface area contributed by atoms with Crippen molar-refractivity contribution >= 4 is 22.1 Å². The van der Waals surface area contributed by atoms with E-state index in [4.69, 9.17) is 4.42 Å². The van der Waals surface area contributed by atoms with E-state index in [1.807, 2.05) is 6.07 Å². The first-order valence-corrected chi connectivity index (χ1v) is 4.54. The van der Waals surface area contributed by atoms with Crippen LogP contribution in [-0.4, -0.2) is 4.98 Å². The van der Waals surface area contributed by atoms with Crippen LogP contribution in [0.5, 0.6) is 0 Å². The molecule has 1 aromatic carbocycles. The maximum absolute atomic E-state index is 12.0. The highest BCUT2D eigenvalue weighted by Gasteiger charge is 2.06. The minimum absolute atomic E-state index is 0.0834. The Labute approximate surface area is 85.0 Å². The lowest BCUT2D eigenvalue weighted by molar-refractivity contribution is 0.645. The Morgan fingerprint density at radius 2 is 2.13 bits per heavy atom. The van der Waals surface area contributed by atoms with Gasteiger partial charge in [-0.2, -0.15) is 0 Å². The van der Waals surface area contributed by atoms with Gasteiger partial charge in [-0.1, -0.05) is 12.1 Å². The second-order valence-electron chi connectivity index (χ2n) is 3.20. The topological polar surface area (TPSA) is 43.1 Å². The summed E-state index contributed by atoms with van der Waals surface area (Å²) in [5.74, 6) is 0. The predicted octanol–water partition coefficient (Wildman–Crippen LogP) is 2.14. The van der Waals surface area contributed by atoms with E-state index in [1.54, 1.807) is 30.5 Å². The van der Waals surface area contributed by atoms with Crippen molar-refractivity contribution in [3.63, 3.8) is 0 Å². The number of aromatic nitrogens is 1. The fraction of sp³-hybridized carbons (Fsp3) is 0. The number of para-hydroxylation sites is 1. The molecule has 3 heteroatoms. The largest absolute Gasteiger partial charge is 0.437 e. The highest BCUT2D eigenvalue weighted by molar-refractivity contribution is 5.87. The smallest absolute Gasteiger partial charge is 0.231 e. The van der Waals surface area contributed by atoms with E-state index in [2.05, 4.69) is 11.1 Å². The maximum Gasteiger partial charge on any atom is 0.231 e. The first-order chi connectivity index (χ1) is 7.36. The van der Waals surface area contributed by atoms with E-state index >= 15 is 0 Å². The van der Waals surface area contributed by atoms with Crippen LogP contribution in [0.4, 0.5) is 0 Å². The van der Waals surface area contributed by atoms with Gasteiger partial charge in [-0.3, -0.25) is 4.79 Å². The highest BCUT2D eigenvalue weighted by Crippen LogP contribution is 2.15. The van der Waals surface area contributed by atoms with Crippen LogP contribution in [0, 0.1) is 6.07 Å². The van der Waals surface area contributed by atoms with Gasteiger partial charge in [0.25, 0.3) is 0 Å². The van der Waals surface area contributed by atoms with Crippen LogP contribution >= 0.6 is 0 Å². The fourth-order valence-electron chi connectivity index (χ4n) is 1.57. The Kier molecular flexibility index (Phi) is 1.59. The summed E-state index contributed by atoms with van der Waals surface area (Å²) < 4.78 is 5.48. The Hall–Kier alpha value is -2.16. The van der Waals surface area contributed by atoms with Crippen LogP contribution in [0.2, 0.25) is 0 Å². The van der Waals surface area contributed by atoms with E-state index in [0.29, 0.717) is 22.1 Å². The Morgan fingerprint density at radius 3 is 3.07 bits per heavy atom. The molecule has 2 heterocycles. The normalized spacial score (nSPS) is 10.9. The molecule has 2 aromatic heterocycles. The molecule has 0 amide bonds. The van der Waals surface area contributed by atoms with Crippen LogP contribution in [0.15, 0.2) is 45.7 Å². The van der Waals surface area contributed by atoms with Crippen molar-refractivity contribution in [2.24, 2.45) is 0 Å². The lowest BCUT2D eigenvalue weighted by Gasteiger charge is -1.98. The van der Waals surface area contributed by atoms with E-state index in [-0.39, 0.29) is 5.43 Å². The number of fused-ring (bicyclic) bond motifs is 2. The number of pyridine rings is 1. The van der Waals surface area contributed by atoms with Crippen molar-refractivity contribution < 1.29 is 4.42 Å². The summed E-state index contributed by atoms with van der Waals surface area (Å²) in [6.07, 6.45) is 1.56. The van der Waals surface area contributed by atoms with Gasteiger partial charge in [0.05, 0.1) is 10.8 Å². The number of hydrogen-bond donors (Lipinski definition) is 0. The Balaban J connectivity index is 2.66. The van der Waals surface area contributed by atoms with Crippen molar-refractivity contribution in [3.8, 4) is 0 Å².